The molecule has 0 spiro atoms. The Labute approximate surface area is 189 Å². The normalized spacial score (nSPS) is 12.8. The average Bonchev–Trinajstić information content (AvgIpc) is 3.16. The number of esters is 2. The topological polar surface area (TPSA) is 108 Å². The lowest BCUT2D eigenvalue weighted by Crippen LogP contribution is -2.30. The van der Waals surface area contributed by atoms with Crippen LogP contribution in [0.25, 0.3) is 10.4 Å². The van der Waals surface area contributed by atoms with E-state index in [1.807, 2.05) is 18.2 Å². The molecule has 1 aliphatic rings. The van der Waals surface area contributed by atoms with Gasteiger partial charge in [-0.2, -0.15) is 0 Å². The Morgan fingerprint density at radius 2 is 1.84 bits per heavy atom. The highest BCUT2D eigenvalue weighted by atomic mass is 32.1. The molecule has 1 amide bonds. The summed E-state index contributed by atoms with van der Waals surface area (Å²) in [5.41, 5.74) is 9.83. The number of benzene rings is 2. The van der Waals surface area contributed by atoms with Gasteiger partial charge in [-0.3, -0.25) is 4.79 Å². The first kappa shape index (κ1) is 21.6. The van der Waals surface area contributed by atoms with Crippen molar-refractivity contribution in [2.75, 3.05) is 18.2 Å². The van der Waals surface area contributed by atoms with Crippen LogP contribution in [0.4, 0.5) is 10.7 Å². The maximum atomic E-state index is 12.8. The van der Waals surface area contributed by atoms with Gasteiger partial charge in [0.25, 0.3) is 5.91 Å². The summed E-state index contributed by atoms with van der Waals surface area (Å²) in [6, 6.07) is 14.3. The molecule has 1 unspecified atom stereocenters. The number of nitrogens with one attached hydrogen (secondary N) is 1. The summed E-state index contributed by atoms with van der Waals surface area (Å²) in [6.45, 7) is 1.47. The number of nitrogen functional groups attached to an aromatic ring is 1. The van der Waals surface area contributed by atoms with Gasteiger partial charge in [0.1, 0.15) is 5.00 Å². The Balaban J connectivity index is 1.59. The van der Waals surface area contributed by atoms with Crippen molar-refractivity contribution < 1.29 is 23.9 Å². The lowest BCUT2D eigenvalue weighted by molar-refractivity contribution is -0.123. The Hall–Kier alpha value is -3.65. The van der Waals surface area contributed by atoms with Gasteiger partial charge in [0.2, 0.25) is 0 Å². The summed E-state index contributed by atoms with van der Waals surface area (Å²) in [6.07, 6.45) is 0.384. The first-order valence-electron chi connectivity index (χ1n) is 10.1. The van der Waals surface area contributed by atoms with Crippen molar-refractivity contribution in [3.05, 3.63) is 70.8 Å². The Morgan fingerprint density at radius 1 is 1.06 bits per heavy atom. The van der Waals surface area contributed by atoms with Crippen LogP contribution in [0.2, 0.25) is 0 Å². The monoisotopic (exact) mass is 450 g/mol. The minimum atomic E-state index is -1.08. The molecule has 0 saturated heterocycles. The van der Waals surface area contributed by atoms with Crippen molar-refractivity contribution in [1.29, 1.82) is 0 Å². The zero-order valence-electron chi connectivity index (χ0n) is 17.6. The van der Waals surface area contributed by atoms with E-state index in [1.165, 1.54) is 37.0 Å². The molecule has 3 N–H and O–H groups in total. The smallest absolute Gasteiger partial charge is 0.341 e. The number of rotatable bonds is 5. The van der Waals surface area contributed by atoms with Crippen LogP contribution >= 0.6 is 11.3 Å². The average molecular weight is 451 g/mol. The molecule has 1 heterocycles. The zero-order valence-corrected chi connectivity index (χ0v) is 18.5. The van der Waals surface area contributed by atoms with Gasteiger partial charge in [-0.15, -0.1) is 11.3 Å². The molecule has 1 aliphatic carbocycles. The molecule has 1 aromatic heterocycles. The van der Waals surface area contributed by atoms with Crippen molar-refractivity contribution in [2.45, 2.75) is 25.9 Å². The third kappa shape index (κ3) is 4.09. The van der Waals surface area contributed by atoms with E-state index in [-0.39, 0.29) is 5.56 Å². The van der Waals surface area contributed by atoms with E-state index < -0.39 is 23.9 Å². The number of hydrogen-bond acceptors (Lipinski definition) is 7. The minimum absolute atomic E-state index is 0.253. The van der Waals surface area contributed by atoms with Crippen LogP contribution in [-0.2, 0) is 27.1 Å². The van der Waals surface area contributed by atoms with Crippen LogP contribution in [0, 0.1) is 0 Å². The van der Waals surface area contributed by atoms with E-state index >= 15 is 0 Å². The first-order valence-corrected chi connectivity index (χ1v) is 10.9. The van der Waals surface area contributed by atoms with Crippen LogP contribution in [0.3, 0.4) is 0 Å². The zero-order chi connectivity index (χ0) is 22.8. The summed E-state index contributed by atoms with van der Waals surface area (Å²) in [7, 11) is 1.31. The summed E-state index contributed by atoms with van der Waals surface area (Å²) >= 11 is 1.32. The second-order valence-electron chi connectivity index (χ2n) is 7.42. The number of methoxy groups -OCH3 is 1. The van der Waals surface area contributed by atoms with E-state index in [2.05, 4.69) is 11.4 Å². The van der Waals surface area contributed by atoms with E-state index in [4.69, 9.17) is 15.2 Å². The number of amides is 1. The largest absolute Gasteiger partial charge is 0.465 e. The number of fused-ring (bicyclic) bond motifs is 3. The van der Waals surface area contributed by atoms with Crippen LogP contribution in [0.15, 0.2) is 48.5 Å². The highest BCUT2D eigenvalue weighted by molar-refractivity contribution is 7.20. The standard InChI is InChI=1S/C24H22N2O5S/c1-13(31-23(28)15-7-5-8-16(25)12-15)21(27)26-22-19(24(29)30-2)18-11-10-14-6-3-4-9-17(14)20(18)32-22/h3-9,12-13H,10-11,25H2,1-2H3,(H,26,27). The highest BCUT2D eigenvalue weighted by Crippen LogP contribution is 2.45. The number of nitrogens with two attached hydrogens (primary N) is 1. The summed E-state index contributed by atoms with van der Waals surface area (Å²) in [4.78, 5) is 38.7. The highest BCUT2D eigenvalue weighted by Gasteiger charge is 2.30. The summed E-state index contributed by atoms with van der Waals surface area (Å²) in [5.74, 6) is -1.71. The molecule has 8 heteroatoms. The quantitative estimate of drug-likeness (QED) is 0.448. The lowest BCUT2D eigenvalue weighted by Gasteiger charge is -2.16. The van der Waals surface area contributed by atoms with Crippen molar-refractivity contribution in [2.24, 2.45) is 0 Å². The second-order valence-corrected chi connectivity index (χ2v) is 8.45. The number of carbonyl (C=O) groups excluding carboxylic acids is 3. The molecule has 0 saturated carbocycles. The van der Waals surface area contributed by atoms with Gasteiger partial charge in [-0.05, 0) is 54.7 Å². The SMILES string of the molecule is COC(=O)c1c(NC(=O)C(C)OC(=O)c2cccc(N)c2)sc2c1CCc1ccccc1-2. The molecular weight excluding hydrogens is 428 g/mol. The van der Waals surface area contributed by atoms with Gasteiger partial charge in [0.15, 0.2) is 6.10 Å². The van der Waals surface area contributed by atoms with E-state index in [0.29, 0.717) is 22.7 Å². The fourth-order valence-corrected chi connectivity index (χ4v) is 5.01. The maximum Gasteiger partial charge on any atom is 0.341 e. The molecule has 7 nitrogen and oxygen atoms in total. The molecular formula is C24H22N2O5S. The third-order valence-corrected chi connectivity index (χ3v) is 6.50. The number of carbonyl (C=O) groups is 3. The molecule has 0 bridgehead atoms. The molecule has 164 valence electrons. The predicted molar refractivity (Wildman–Crippen MR) is 123 cm³/mol. The van der Waals surface area contributed by atoms with Crippen molar-refractivity contribution >= 4 is 39.9 Å². The van der Waals surface area contributed by atoms with Crippen LogP contribution in [-0.4, -0.2) is 31.1 Å². The molecule has 0 radical (unpaired) electrons. The number of hydrogen-bond donors (Lipinski definition) is 2. The van der Waals surface area contributed by atoms with E-state index in [1.54, 1.807) is 18.2 Å². The van der Waals surface area contributed by atoms with Crippen molar-refractivity contribution in [3.63, 3.8) is 0 Å². The van der Waals surface area contributed by atoms with Gasteiger partial charge in [0, 0.05) is 10.6 Å². The number of ether oxygens (including phenoxy) is 2. The van der Waals surface area contributed by atoms with Gasteiger partial charge >= 0.3 is 11.9 Å². The molecule has 3 aromatic rings. The predicted octanol–water partition coefficient (Wildman–Crippen LogP) is 4.07. The fraction of sp³-hybridized carbons (Fsp3) is 0.208. The number of aryl methyl sites for hydroxylation is 1. The molecule has 0 fully saturated rings. The fourth-order valence-electron chi connectivity index (χ4n) is 3.71. The lowest BCUT2D eigenvalue weighted by atomic mass is 9.89. The molecule has 0 aliphatic heterocycles. The molecule has 4 rings (SSSR count). The maximum absolute atomic E-state index is 12.8. The van der Waals surface area contributed by atoms with E-state index in [9.17, 15) is 14.4 Å². The van der Waals surface area contributed by atoms with Crippen molar-refractivity contribution in [3.8, 4) is 10.4 Å². The third-order valence-electron chi connectivity index (χ3n) is 5.32. The van der Waals surface area contributed by atoms with Gasteiger partial charge < -0.3 is 20.5 Å². The molecule has 1 atom stereocenters. The second kappa shape index (κ2) is 8.84. The summed E-state index contributed by atoms with van der Waals surface area (Å²) < 4.78 is 10.3. The Bertz CT molecular complexity index is 1220. The minimum Gasteiger partial charge on any atom is -0.465 e. The van der Waals surface area contributed by atoms with Crippen LogP contribution < -0.4 is 11.1 Å². The van der Waals surface area contributed by atoms with E-state index in [0.717, 1.165) is 22.4 Å². The Kier molecular flexibility index (Phi) is 5.96. The first-order chi connectivity index (χ1) is 15.4. The van der Waals surface area contributed by atoms with Gasteiger partial charge in [-0.25, -0.2) is 9.59 Å². The summed E-state index contributed by atoms with van der Waals surface area (Å²) in [5, 5.41) is 3.14. The number of thiophene rings is 1. The van der Waals surface area contributed by atoms with Crippen LogP contribution in [0.1, 0.15) is 38.8 Å². The molecule has 32 heavy (non-hydrogen) atoms. The van der Waals surface area contributed by atoms with Gasteiger partial charge in [0.05, 0.1) is 18.2 Å². The van der Waals surface area contributed by atoms with Crippen LogP contribution in [0.5, 0.6) is 0 Å². The number of anilines is 2. The van der Waals surface area contributed by atoms with Crippen molar-refractivity contribution in [1.82, 2.24) is 0 Å². The van der Waals surface area contributed by atoms with Gasteiger partial charge in [-0.1, -0.05) is 30.3 Å². The Morgan fingerprint density at radius 3 is 2.59 bits per heavy atom. The molecule has 2 aromatic carbocycles.